The van der Waals surface area contributed by atoms with E-state index in [1.54, 1.807) is 7.11 Å². The molecule has 0 aliphatic rings. The first-order valence-electron chi connectivity index (χ1n) is 5.42. The lowest BCUT2D eigenvalue weighted by Gasteiger charge is -2.25. The second-order valence-corrected chi connectivity index (χ2v) is 4.59. The number of amides is 1. The SMILES string of the molecule is CCC(C)[C@H](N)C(=O)NCC(C)(C)OC. The molecule has 0 aromatic carbocycles. The normalized spacial score (nSPS) is 15.9. The summed E-state index contributed by atoms with van der Waals surface area (Å²) in [5, 5.41) is 2.80. The van der Waals surface area contributed by atoms with Gasteiger partial charge in [-0.3, -0.25) is 4.79 Å². The second kappa shape index (κ2) is 6.08. The van der Waals surface area contributed by atoms with E-state index in [-0.39, 0.29) is 17.4 Å². The van der Waals surface area contributed by atoms with Crippen LogP contribution in [0.4, 0.5) is 0 Å². The Labute approximate surface area is 92.6 Å². The number of carbonyl (C=O) groups is 1. The molecule has 0 spiro atoms. The van der Waals surface area contributed by atoms with Crippen molar-refractivity contribution in [1.29, 1.82) is 0 Å². The van der Waals surface area contributed by atoms with Gasteiger partial charge in [0.15, 0.2) is 0 Å². The Morgan fingerprint density at radius 2 is 2.07 bits per heavy atom. The monoisotopic (exact) mass is 216 g/mol. The molecule has 0 aromatic rings. The Morgan fingerprint density at radius 3 is 2.47 bits per heavy atom. The van der Waals surface area contributed by atoms with Crippen LogP contribution in [0.5, 0.6) is 0 Å². The molecule has 0 rings (SSSR count). The van der Waals surface area contributed by atoms with Gasteiger partial charge in [0.2, 0.25) is 5.91 Å². The molecule has 90 valence electrons. The van der Waals surface area contributed by atoms with Crippen molar-refractivity contribution in [2.75, 3.05) is 13.7 Å². The molecule has 0 fully saturated rings. The third kappa shape index (κ3) is 5.14. The molecule has 0 saturated carbocycles. The first-order valence-corrected chi connectivity index (χ1v) is 5.42. The minimum absolute atomic E-state index is 0.102. The second-order valence-electron chi connectivity index (χ2n) is 4.59. The quantitative estimate of drug-likeness (QED) is 0.693. The van der Waals surface area contributed by atoms with Gasteiger partial charge < -0.3 is 15.8 Å². The van der Waals surface area contributed by atoms with E-state index in [9.17, 15) is 4.79 Å². The molecule has 0 saturated heterocycles. The molecule has 0 bridgehead atoms. The molecule has 3 N–H and O–H groups in total. The van der Waals surface area contributed by atoms with Gasteiger partial charge in [-0.1, -0.05) is 20.3 Å². The van der Waals surface area contributed by atoms with Gasteiger partial charge >= 0.3 is 0 Å². The Morgan fingerprint density at radius 1 is 1.53 bits per heavy atom. The van der Waals surface area contributed by atoms with Crippen molar-refractivity contribution in [2.45, 2.75) is 45.8 Å². The van der Waals surface area contributed by atoms with E-state index >= 15 is 0 Å². The Kier molecular flexibility index (Phi) is 5.83. The molecule has 4 nitrogen and oxygen atoms in total. The molecule has 1 amide bonds. The van der Waals surface area contributed by atoms with Gasteiger partial charge in [-0.15, -0.1) is 0 Å². The van der Waals surface area contributed by atoms with Crippen LogP contribution in [0.25, 0.3) is 0 Å². The lowest BCUT2D eigenvalue weighted by molar-refractivity contribution is -0.124. The van der Waals surface area contributed by atoms with E-state index in [0.29, 0.717) is 6.54 Å². The zero-order valence-electron chi connectivity index (χ0n) is 10.5. The van der Waals surface area contributed by atoms with Crippen molar-refractivity contribution >= 4 is 5.91 Å². The van der Waals surface area contributed by atoms with Gasteiger partial charge in [0.25, 0.3) is 0 Å². The van der Waals surface area contributed by atoms with Crippen molar-refractivity contribution in [3.8, 4) is 0 Å². The van der Waals surface area contributed by atoms with Gasteiger partial charge in [-0.25, -0.2) is 0 Å². The van der Waals surface area contributed by atoms with Crippen molar-refractivity contribution in [3.63, 3.8) is 0 Å². The fourth-order valence-corrected chi connectivity index (χ4v) is 1.00. The fourth-order valence-electron chi connectivity index (χ4n) is 1.00. The van der Waals surface area contributed by atoms with Crippen LogP contribution in [-0.4, -0.2) is 31.2 Å². The van der Waals surface area contributed by atoms with E-state index in [2.05, 4.69) is 5.32 Å². The van der Waals surface area contributed by atoms with Gasteiger partial charge in [0.05, 0.1) is 11.6 Å². The van der Waals surface area contributed by atoms with Crippen LogP contribution in [0, 0.1) is 5.92 Å². The van der Waals surface area contributed by atoms with Crippen molar-refractivity contribution in [2.24, 2.45) is 11.7 Å². The van der Waals surface area contributed by atoms with E-state index in [1.807, 2.05) is 27.7 Å². The van der Waals surface area contributed by atoms with Gasteiger partial charge in [0.1, 0.15) is 0 Å². The Balaban J connectivity index is 4.04. The zero-order chi connectivity index (χ0) is 12.1. The lowest BCUT2D eigenvalue weighted by Crippen LogP contribution is -2.49. The van der Waals surface area contributed by atoms with E-state index in [0.717, 1.165) is 6.42 Å². The predicted octanol–water partition coefficient (Wildman–Crippen LogP) is 0.901. The van der Waals surface area contributed by atoms with E-state index in [4.69, 9.17) is 10.5 Å². The van der Waals surface area contributed by atoms with Crippen molar-refractivity contribution in [3.05, 3.63) is 0 Å². The van der Waals surface area contributed by atoms with E-state index < -0.39 is 6.04 Å². The average Bonchev–Trinajstić information content (AvgIpc) is 2.23. The number of methoxy groups -OCH3 is 1. The van der Waals surface area contributed by atoms with Gasteiger partial charge in [0, 0.05) is 13.7 Å². The minimum atomic E-state index is -0.428. The van der Waals surface area contributed by atoms with Gasteiger partial charge in [-0.2, -0.15) is 0 Å². The van der Waals surface area contributed by atoms with Crippen LogP contribution in [0.1, 0.15) is 34.1 Å². The first-order chi connectivity index (χ1) is 6.84. The molecule has 0 aromatic heterocycles. The fraction of sp³-hybridized carbons (Fsp3) is 0.909. The maximum absolute atomic E-state index is 11.6. The largest absolute Gasteiger partial charge is 0.377 e. The van der Waals surface area contributed by atoms with Crippen LogP contribution in [0.15, 0.2) is 0 Å². The topological polar surface area (TPSA) is 64.4 Å². The highest BCUT2D eigenvalue weighted by atomic mass is 16.5. The summed E-state index contributed by atoms with van der Waals surface area (Å²) in [5.41, 5.74) is 5.45. The maximum atomic E-state index is 11.6. The Bertz CT molecular complexity index is 205. The number of ether oxygens (including phenoxy) is 1. The number of nitrogens with two attached hydrogens (primary N) is 1. The van der Waals surface area contributed by atoms with Crippen LogP contribution >= 0.6 is 0 Å². The van der Waals surface area contributed by atoms with Crippen LogP contribution in [0.3, 0.4) is 0 Å². The summed E-state index contributed by atoms with van der Waals surface area (Å²) in [6, 6.07) is -0.428. The average molecular weight is 216 g/mol. The zero-order valence-corrected chi connectivity index (χ0v) is 10.5. The van der Waals surface area contributed by atoms with Crippen molar-refractivity contribution in [1.82, 2.24) is 5.32 Å². The molecular formula is C11H24N2O2. The number of rotatable bonds is 6. The minimum Gasteiger partial charge on any atom is -0.377 e. The summed E-state index contributed by atoms with van der Waals surface area (Å²) in [4.78, 5) is 11.6. The maximum Gasteiger partial charge on any atom is 0.237 e. The molecule has 0 heterocycles. The first kappa shape index (κ1) is 14.4. The summed E-state index contributed by atoms with van der Waals surface area (Å²) in [5.74, 6) is 0.102. The molecule has 15 heavy (non-hydrogen) atoms. The summed E-state index contributed by atoms with van der Waals surface area (Å²) in [6.45, 7) is 8.32. The number of hydrogen-bond acceptors (Lipinski definition) is 3. The summed E-state index contributed by atoms with van der Waals surface area (Å²) in [6.07, 6.45) is 0.905. The third-order valence-corrected chi connectivity index (χ3v) is 2.80. The highest BCUT2D eigenvalue weighted by Crippen LogP contribution is 2.07. The predicted molar refractivity (Wildman–Crippen MR) is 61.5 cm³/mol. The molecule has 1 unspecified atom stereocenters. The molecular weight excluding hydrogens is 192 g/mol. The highest BCUT2D eigenvalue weighted by Gasteiger charge is 2.22. The molecule has 0 radical (unpaired) electrons. The van der Waals surface area contributed by atoms with Crippen LogP contribution in [-0.2, 0) is 9.53 Å². The van der Waals surface area contributed by atoms with Crippen LogP contribution < -0.4 is 11.1 Å². The molecule has 2 atom stereocenters. The third-order valence-electron chi connectivity index (χ3n) is 2.80. The lowest BCUT2D eigenvalue weighted by atomic mass is 9.99. The number of carbonyl (C=O) groups excluding carboxylic acids is 1. The molecule has 0 aliphatic carbocycles. The summed E-state index contributed by atoms with van der Waals surface area (Å²) in [7, 11) is 1.63. The standard InChI is InChI=1S/C11H24N2O2/c1-6-8(2)9(12)10(14)13-7-11(3,4)15-5/h8-9H,6-7,12H2,1-5H3,(H,13,14)/t8?,9-/m0/s1. The Hall–Kier alpha value is -0.610. The van der Waals surface area contributed by atoms with E-state index in [1.165, 1.54) is 0 Å². The summed E-state index contributed by atoms with van der Waals surface area (Å²) < 4.78 is 5.20. The van der Waals surface area contributed by atoms with Crippen molar-refractivity contribution < 1.29 is 9.53 Å². The number of hydrogen-bond donors (Lipinski definition) is 2. The summed E-state index contributed by atoms with van der Waals surface area (Å²) >= 11 is 0. The molecule has 0 aliphatic heterocycles. The highest BCUT2D eigenvalue weighted by molar-refractivity contribution is 5.81. The smallest absolute Gasteiger partial charge is 0.237 e. The van der Waals surface area contributed by atoms with Crippen LogP contribution in [0.2, 0.25) is 0 Å². The number of nitrogens with one attached hydrogen (secondary N) is 1. The van der Waals surface area contributed by atoms with Gasteiger partial charge in [-0.05, 0) is 19.8 Å². The molecule has 4 heteroatoms.